The zero-order valence-electron chi connectivity index (χ0n) is 14.8. The lowest BCUT2D eigenvalue weighted by molar-refractivity contribution is 0.0933. The van der Waals surface area contributed by atoms with Crippen molar-refractivity contribution in [3.8, 4) is 0 Å². The molecule has 1 aliphatic rings. The third-order valence-corrected chi connectivity index (χ3v) is 4.90. The number of carbonyl (C=O) groups is 1. The van der Waals surface area contributed by atoms with Crippen molar-refractivity contribution in [1.82, 2.24) is 19.7 Å². The van der Waals surface area contributed by atoms with Crippen molar-refractivity contribution in [2.24, 2.45) is 0 Å². The topological polar surface area (TPSA) is 82.1 Å². The molecule has 2 aromatic heterocycles. The molecule has 1 aliphatic heterocycles. The van der Waals surface area contributed by atoms with Crippen LogP contribution in [0.15, 0.2) is 39.7 Å². The summed E-state index contributed by atoms with van der Waals surface area (Å²) in [6.07, 6.45) is 4.70. The molecule has 1 unspecified atom stereocenters. The van der Waals surface area contributed by atoms with E-state index in [4.69, 9.17) is 4.42 Å². The summed E-state index contributed by atoms with van der Waals surface area (Å²) in [5.74, 6) is 0.723. The van der Waals surface area contributed by atoms with Gasteiger partial charge in [-0.05, 0) is 43.5 Å². The maximum atomic E-state index is 12.6. The number of furan rings is 1. The van der Waals surface area contributed by atoms with E-state index in [1.807, 2.05) is 25.1 Å². The lowest BCUT2D eigenvalue weighted by atomic mass is 10.1. The van der Waals surface area contributed by atoms with Gasteiger partial charge >= 0.3 is 5.69 Å². The molecule has 1 atom stereocenters. The van der Waals surface area contributed by atoms with Crippen molar-refractivity contribution >= 4 is 16.9 Å². The molecule has 7 nitrogen and oxygen atoms in total. The van der Waals surface area contributed by atoms with Crippen LogP contribution in [0.4, 0.5) is 0 Å². The number of fused-ring (bicyclic) bond motifs is 2. The summed E-state index contributed by atoms with van der Waals surface area (Å²) >= 11 is 0. The predicted molar refractivity (Wildman–Crippen MR) is 97.2 cm³/mol. The molecule has 1 aromatic carbocycles. The summed E-state index contributed by atoms with van der Waals surface area (Å²) in [5.41, 5.74) is 1.34. The summed E-state index contributed by atoms with van der Waals surface area (Å²) in [6, 6.07) is 7.29. The van der Waals surface area contributed by atoms with E-state index in [0.29, 0.717) is 25.1 Å². The number of nitrogens with one attached hydrogen (secondary N) is 1. The minimum Gasteiger partial charge on any atom is -0.464 e. The fraction of sp³-hybridized carbons (Fsp3) is 0.421. The summed E-state index contributed by atoms with van der Waals surface area (Å²) in [5, 5.41) is 8.45. The van der Waals surface area contributed by atoms with Gasteiger partial charge in [-0.3, -0.25) is 9.36 Å². The van der Waals surface area contributed by atoms with E-state index in [1.54, 1.807) is 21.6 Å². The number of benzene rings is 1. The number of nitrogens with zero attached hydrogens (tertiary/aromatic N) is 3. The largest absolute Gasteiger partial charge is 0.464 e. The first-order chi connectivity index (χ1) is 12.7. The van der Waals surface area contributed by atoms with Gasteiger partial charge in [0.05, 0.1) is 6.26 Å². The predicted octanol–water partition coefficient (Wildman–Crippen LogP) is 2.34. The Morgan fingerprint density at radius 2 is 2.23 bits per heavy atom. The van der Waals surface area contributed by atoms with E-state index in [-0.39, 0.29) is 17.6 Å². The van der Waals surface area contributed by atoms with E-state index >= 15 is 0 Å². The van der Waals surface area contributed by atoms with E-state index in [9.17, 15) is 9.59 Å². The molecule has 0 bridgehead atoms. The standard InChI is InChI=1S/C19H22N4O3/c1-2-9-23-19(25)22-10-7-15(4-6-17(22)21-23)20-18(24)14-3-5-16-13(12-14)8-11-26-16/h3,5,8,11-12,15H,2,4,6-7,9-10H2,1H3,(H,20,24). The summed E-state index contributed by atoms with van der Waals surface area (Å²) in [6.45, 7) is 3.27. The molecule has 0 radical (unpaired) electrons. The molecule has 0 aliphatic carbocycles. The Hall–Kier alpha value is -2.83. The second-order valence-electron chi connectivity index (χ2n) is 6.74. The second kappa shape index (κ2) is 6.82. The molecule has 3 heterocycles. The molecule has 0 fully saturated rings. The van der Waals surface area contributed by atoms with Crippen LogP contribution in [-0.2, 0) is 19.5 Å². The van der Waals surface area contributed by atoms with Gasteiger partial charge in [0.2, 0.25) is 0 Å². The highest BCUT2D eigenvalue weighted by atomic mass is 16.3. The van der Waals surface area contributed by atoms with Crippen LogP contribution in [0.25, 0.3) is 11.0 Å². The number of carbonyl (C=O) groups excluding carboxylic acids is 1. The Kier molecular flexibility index (Phi) is 4.36. The molecule has 0 saturated carbocycles. The molecule has 7 heteroatoms. The van der Waals surface area contributed by atoms with Crippen LogP contribution in [0.1, 0.15) is 42.4 Å². The third kappa shape index (κ3) is 3.05. The van der Waals surface area contributed by atoms with Gasteiger partial charge in [0.15, 0.2) is 0 Å². The van der Waals surface area contributed by atoms with Crippen LogP contribution < -0.4 is 11.0 Å². The fourth-order valence-electron chi connectivity index (χ4n) is 3.51. The maximum Gasteiger partial charge on any atom is 0.345 e. The van der Waals surface area contributed by atoms with Crippen molar-refractivity contribution in [1.29, 1.82) is 0 Å². The maximum absolute atomic E-state index is 12.6. The summed E-state index contributed by atoms with van der Waals surface area (Å²) in [7, 11) is 0. The van der Waals surface area contributed by atoms with Crippen molar-refractivity contribution in [3.63, 3.8) is 0 Å². The molecule has 0 spiro atoms. The van der Waals surface area contributed by atoms with Crippen molar-refractivity contribution in [2.75, 3.05) is 0 Å². The SMILES string of the molecule is CCCn1nc2n(c1=O)CCC(NC(=O)c1ccc3occc3c1)CC2. The Bertz CT molecular complexity index is 998. The molecule has 0 saturated heterocycles. The quantitative estimate of drug-likeness (QED) is 0.780. The molecular formula is C19H22N4O3. The van der Waals surface area contributed by atoms with Crippen LogP contribution in [0.5, 0.6) is 0 Å². The number of aryl methyl sites for hydroxylation is 2. The van der Waals surface area contributed by atoms with Crippen LogP contribution >= 0.6 is 0 Å². The first kappa shape index (κ1) is 16.6. The molecule has 3 aromatic rings. The lowest BCUT2D eigenvalue weighted by Crippen LogP contribution is -2.35. The van der Waals surface area contributed by atoms with E-state index in [0.717, 1.165) is 36.1 Å². The Balaban J connectivity index is 1.45. The first-order valence-corrected chi connectivity index (χ1v) is 9.10. The normalized spacial score (nSPS) is 17.0. The molecule has 136 valence electrons. The molecule has 26 heavy (non-hydrogen) atoms. The molecular weight excluding hydrogens is 332 g/mol. The van der Waals surface area contributed by atoms with E-state index < -0.39 is 0 Å². The smallest absolute Gasteiger partial charge is 0.345 e. The van der Waals surface area contributed by atoms with Gasteiger partial charge in [-0.2, -0.15) is 5.10 Å². The Morgan fingerprint density at radius 1 is 1.35 bits per heavy atom. The van der Waals surface area contributed by atoms with Crippen LogP contribution in [-0.4, -0.2) is 26.3 Å². The van der Waals surface area contributed by atoms with Crippen molar-refractivity contribution in [3.05, 3.63) is 52.4 Å². The molecule has 4 rings (SSSR count). The average Bonchev–Trinajstić information content (AvgIpc) is 3.16. The van der Waals surface area contributed by atoms with Crippen molar-refractivity contribution < 1.29 is 9.21 Å². The van der Waals surface area contributed by atoms with Gasteiger partial charge < -0.3 is 9.73 Å². The Morgan fingerprint density at radius 3 is 3.08 bits per heavy atom. The third-order valence-electron chi connectivity index (χ3n) is 4.90. The number of aromatic nitrogens is 3. The highest BCUT2D eigenvalue weighted by molar-refractivity contribution is 5.97. The minimum absolute atomic E-state index is 0.0308. The lowest BCUT2D eigenvalue weighted by Gasteiger charge is -2.16. The Labute approximate surface area is 150 Å². The van der Waals surface area contributed by atoms with Gasteiger partial charge in [0.1, 0.15) is 11.4 Å². The highest BCUT2D eigenvalue weighted by Crippen LogP contribution is 2.18. The van der Waals surface area contributed by atoms with Gasteiger partial charge in [-0.1, -0.05) is 6.92 Å². The molecule has 1 N–H and O–H groups in total. The number of rotatable bonds is 4. The summed E-state index contributed by atoms with van der Waals surface area (Å²) < 4.78 is 8.61. The second-order valence-corrected chi connectivity index (χ2v) is 6.74. The van der Waals surface area contributed by atoms with Crippen LogP contribution in [0.3, 0.4) is 0 Å². The zero-order valence-corrected chi connectivity index (χ0v) is 14.8. The fourth-order valence-corrected chi connectivity index (χ4v) is 3.51. The monoisotopic (exact) mass is 354 g/mol. The van der Waals surface area contributed by atoms with Gasteiger partial charge in [0.25, 0.3) is 5.91 Å². The van der Waals surface area contributed by atoms with Gasteiger partial charge in [-0.25, -0.2) is 9.48 Å². The van der Waals surface area contributed by atoms with Crippen LogP contribution in [0, 0.1) is 0 Å². The molecule has 1 amide bonds. The van der Waals surface area contributed by atoms with E-state index in [2.05, 4.69) is 10.4 Å². The van der Waals surface area contributed by atoms with E-state index in [1.165, 1.54) is 0 Å². The average molecular weight is 354 g/mol. The van der Waals surface area contributed by atoms with Gasteiger partial charge in [-0.15, -0.1) is 0 Å². The number of hydrogen-bond donors (Lipinski definition) is 1. The number of hydrogen-bond acceptors (Lipinski definition) is 4. The van der Waals surface area contributed by atoms with Gasteiger partial charge in [0, 0.05) is 36.5 Å². The summed E-state index contributed by atoms with van der Waals surface area (Å²) in [4.78, 5) is 25.0. The van der Waals surface area contributed by atoms with Crippen LogP contribution in [0.2, 0.25) is 0 Å². The van der Waals surface area contributed by atoms with Crippen molar-refractivity contribution in [2.45, 2.75) is 51.7 Å². The minimum atomic E-state index is -0.0963. The number of amides is 1. The zero-order chi connectivity index (χ0) is 18.1. The highest BCUT2D eigenvalue weighted by Gasteiger charge is 2.22. The first-order valence-electron chi connectivity index (χ1n) is 9.10.